The van der Waals surface area contributed by atoms with Gasteiger partial charge in [0.1, 0.15) is 11.6 Å². The zero-order chi connectivity index (χ0) is 23.4. The molecule has 4 rings (SSSR count). The number of rotatable bonds is 7. The summed E-state index contributed by atoms with van der Waals surface area (Å²) in [5.41, 5.74) is 2.63. The summed E-state index contributed by atoms with van der Waals surface area (Å²) in [6.45, 7) is 5.38. The summed E-state index contributed by atoms with van der Waals surface area (Å²) in [4.78, 5) is 22.2. The van der Waals surface area contributed by atoms with Crippen LogP contribution < -0.4 is 10.5 Å². The van der Waals surface area contributed by atoms with E-state index < -0.39 is 6.04 Å². The van der Waals surface area contributed by atoms with E-state index in [0.29, 0.717) is 50.6 Å². The highest BCUT2D eigenvalue weighted by Crippen LogP contribution is 2.33. The van der Waals surface area contributed by atoms with Crippen molar-refractivity contribution in [3.8, 4) is 5.75 Å². The molecule has 7 nitrogen and oxygen atoms in total. The lowest BCUT2D eigenvalue weighted by Gasteiger charge is -2.40. The Kier molecular flexibility index (Phi) is 7.05. The molecule has 8 heteroatoms. The number of anilines is 1. The van der Waals surface area contributed by atoms with Crippen molar-refractivity contribution in [3.05, 3.63) is 87.9 Å². The number of ether oxygens (including phenoxy) is 1. The lowest BCUT2D eigenvalue weighted by Crippen LogP contribution is -2.49. The maximum absolute atomic E-state index is 13.5. The lowest BCUT2D eigenvalue weighted by atomic mass is 9.97. The summed E-state index contributed by atoms with van der Waals surface area (Å²) in [7, 11) is 1.60. The third kappa shape index (κ3) is 4.91. The van der Waals surface area contributed by atoms with Gasteiger partial charge in [0.05, 0.1) is 18.2 Å². The monoisotopic (exact) mass is 452 g/mol. The first-order valence-corrected chi connectivity index (χ1v) is 11.1. The van der Waals surface area contributed by atoms with E-state index in [-0.39, 0.29) is 17.1 Å². The fourth-order valence-corrected chi connectivity index (χ4v) is 4.47. The topological polar surface area (TPSA) is 70.8 Å². The number of halogens is 1. The van der Waals surface area contributed by atoms with Gasteiger partial charge in [0, 0.05) is 63.6 Å². The second kappa shape index (κ2) is 10.1. The van der Waals surface area contributed by atoms with Crippen LogP contribution in [0.1, 0.15) is 22.9 Å². The van der Waals surface area contributed by atoms with Crippen molar-refractivity contribution in [2.24, 2.45) is 0 Å². The number of methoxy groups -OCH3 is 1. The summed E-state index contributed by atoms with van der Waals surface area (Å²) in [6.07, 6.45) is 3.44. The molecule has 0 aliphatic carbocycles. The van der Waals surface area contributed by atoms with E-state index in [1.165, 1.54) is 12.1 Å². The molecule has 0 unspecified atom stereocenters. The summed E-state index contributed by atoms with van der Waals surface area (Å²) in [5, 5.41) is 10.9. The maximum Gasteiger partial charge on any atom is 0.259 e. The van der Waals surface area contributed by atoms with Gasteiger partial charge in [0.15, 0.2) is 0 Å². The normalized spacial score (nSPS) is 15.5. The van der Waals surface area contributed by atoms with Gasteiger partial charge >= 0.3 is 0 Å². The van der Waals surface area contributed by atoms with Crippen LogP contribution in [0.15, 0.2) is 59.7 Å². The first kappa shape index (κ1) is 22.9. The molecule has 0 radical (unpaired) electrons. The minimum atomic E-state index is -0.434. The molecule has 0 bridgehead atoms. The molecule has 1 atom stereocenters. The molecule has 0 spiro atoms. The molecule has 3 heterocycles. The number of aromatic hydroxyl groups is 1. The third-order valence-corrected chi connectivity index (χ3v) is 6.19. The Morgan fingerprint density at radius 3 is 2.52 bits per heavy atom. The molecule has 1 aliphatic rings. The predicted octanol–water partition coefficient (Wildman–Crippen LogP) is 2.95. The van der Waals surface area contributed by atoms with Crippen molar-refractivity contribution < 1.29 is 14.2 Å². The molecule has 1 N–H and O–H groups in total. The highest BCUT2D eigenvalue weighted by atomic mass is 19.1. The second-order valence-electron chi connectivity index (χ2n) is 8.22. The highest BCUT2D eigenvalue weighted by molar-refractivity contribution is 5.47. The largest absolute Gasteiger partial charge is 0.507 e. The first-order valence-electron chi connectivity index (χ1n) is 11.1. The van der Waals surface area contributed by atoms with Gasteiger partial charge in [-0.25, -0.2) is 4.39 Å². The van der Waals surface area contributed by atoms with Gasteiger partial charge in [-0.15, -0.1) is 0 Å². The number of piperazine rings is 1. The number of benzene rings is 1. The highest BCUT2D eigenvalue weighted by Gasteiger charge is 2.31. The van der Waals surface area contributed by atoms with Crippen LogP contribution in [-0.2, 0) is 11.3 Å². The zero-order valence-electron chi connectivity index (χ0n) is 18.9. The molecular formula is C25H29FN4O3. The smallest absolute Gasteiger partial charge is 0.259 e. The molecule has 33 heavy (non-hydrogen) atoms. The van der Waals surface area contributed by atoms with Crippen molar-refractivity contribution >= 4 is 5.69 Å². The average molecular weight is 453 g/mol. The zero-order valence-corrected chi connectivity index (χ0v) is 18.9. The van der Waals surface area contributed by atoms with E-state index in [9.17, 15) is 14.3 Å². The van der Waals surface area contributed by atoms with Crippen LogP contribution in [0.3, 0.4) is 0 Å². The van der Waals surface area contributed by atoms with Gasteiger partial charge in [0.25, 0.3) is 5.56 Å². The molecule has 1 saturated heterocycles. The van der Waals surface area contributed by atoms with Gasteiger partial charge in [0.2, 0.25) is 0 Å². The van der Waals surface area contributed by atoms with E-state index in [2.05, 4.69) is 14.8 Å². The van der Waals surface area contributed by atoms with Crippen molar-refractivity contribution in [2.45, 2.75) is 19.5 Å². The van der Waals surface area contributed by atoms with Crippen LogP contribution in [0.5, 0.6) is 5.75 Å². The Bertz CT molecular complexity index is 1130. The van der Waals surface area contributed by atoms with Crippen LogP contribution in [-0.4, -0.2) is 59.5 Å². The van der Waals surface area contributed by atoms with Crippen LogP contribution in [0.2, 0.25) is 0 Å². The number of nitrogens with zero attached hydrogens (tertiary/aromatic N) is 4. The molecule has 0 amide bonds. The fraction of sp³-hybridized carbons (Fsp3) is 0.360. The predicted molar refractivity (Wildman–Crippen MR) is 125 cm³/mol. The average Bonchev–Trinajstić information content (AvgIpc) is 2.83. The summed E-state index contributed by atoms with van der Waals surface area (Å²) >= 11 is 0. The fourth-order valence-electron chi connectivity index (χ4n) is 4.47. The minimum absolute atomic E-state index is 0.0130. The molecular weight excluding hydrogens is 423 g/mol. The molecule has 174 valence electrons. The summed E-state index contributed by atoms with van der Waals surface area (Å²) in [6, 6.07) is 11.5. The van der Waals surface area contributed by atoms with Crippen molar-refractivity contribution in [1.29, 1.82) is 0 Å². The van der Waals surface area contributed by atoms with E-state index in [1.54, 1.807) is 49.2 Å². The van der Waals surface area contributed by atoms with Crippen LogP contribution in [0, 0.1) is 12.7 Å². The van der Waals surface area contributed by atoms with Crippen molar-refractivity contribution in [1.82, 2.24) is 14.5 Å². The molecule has 1 fully saturated rings. The second-order valence-corrected chi connectivity index (χ2v) is 8.22. The minimum Gasteiger partial charge on any atom is -0.507 e. The Balaban J connectivity index is 1.68. The third-order valence-electron chi connectivity index (χ3n) is 6.19. The van der Waals surface area contributed by atoms with Gasteiger partial charge < -0.3 is 19.3 Å². The van der Waals surface area contributed by atoms with E-state index in [1.807, 2.05) is 12.1 Å². The van der Waals surface area contributed by atoms with Gasteiger partial charge in [-0.3, -0.25) is 14.7 Å². The summed E-state index contributed by atoms with van der Waals surface area (Å²) < 4.78 is 20.1. The maximum atomic E-state index is 13.5. The lowest BCUT2D eigenvalue weighted by molar-refractivity contribution is 0.183. The quantitative estimate of drug-likeness (QED) is 0.595. The number of hydrogen-bond donors (Lipinski definition) is 1. The van der Waals surface area contributed by atoms with E-state index in [4.69, 9.17) is 4.74 Å². The molecule has 3 aromatic rings. The standard InChI is InChI=1S/C25H29FN4O3/c1-18-16-22(31)23(25(32)30(18)14-15-33-2)24(19-4-3-9-27-17-19)29-12-10-28(11-13-29)21-7-5-20(26)6-8-21/h3-9,16-17,24,31H,10-15H2,1-2H3/t24-/m0/s1. The number of hydrogen-bond acceptors (Lipinski definition) is 6. The molecule has 0 saturated carbocycles. The van der Waals surface area contributed by atoms with Gasteiger partial charge in [-0.1, -0.05) is 6.07 Å². The Hall–Kier alpha value is -3.23. The Morgan fingerprint density at radius 2 is 1.88 bits per heavy atom. The molecule has 1 aliphatic heterocycles. The van der Waals surface area contributed by atoms with Gasteiger partial charge in [-0.05, 0) is 48.9 Å². The van der Waals surface area contributed by atoms with Crippen molar-refractivity contribution in [2.75, 3.05) is 44.8 Å². The Morgan fingerprint density at radius 1 is 1.15 bits per heavy atom. The number of aryl methyl sites for hydroxylation is 1. The number of aromatic nitrogens is 2. The van der Waals surface area contributed by atoms with E-state index in [0.717, 1.165) is 11.3 Å². The molecule has 2 aromatic heterocycles. The van der Waals surface area contributed by atoms with Crippen LogP contribution >= 0.6 is 0 Å². The first-order chi connectivity index (χ1) is 16.0. The number of pyridine rings is 2. The molecule has 1 aromatic carbocycles. The van der Waals surface area contributed by atoms with E-state index >= 15 is 0 Å². The van der Waals surface area contributed by atoms with Crippen LogP contribution in [0.25, 0.3) is 0 Å². The summed E-state index contributed by atoms with van der Waals surface area (Å²) in [5.74, 6) is -0.269. The SMILES string of the molecule is COCCn1c(C)cc(O)c([C@H](c2cccnc2)N2CCN(c3ccc(F)cc3)CC2)c1=O. The Labute approximate surface area is 192 Å². The van der Waals surface area contributed by atoms with Gasteiger partial charge in [-0.2, -0.15) is 0 Å². The van der Waals surface area contributed by atoms with Crippen molar-refractivity contribution in [3.63, 3.8) is 0 Å². The van der Waals surface area contributed by atoms with Crippen LogP contribution in [0.4, 0.5) is 10.1 Å².